The molecule has 0 saturated heterocycles. The summed E-state index contributed by atoms with van der Waals surface area (Å²) in [5.74, 6) is 0.973. The van der Waals surface area contributed by atoms with Crippen molar-refractivity contribution in [2.75, 3.05) is 13.6 Å². The third kappa shape index (κ3) is 3.14. The summed E-state index contributed by atoms with van der Waals surface area (Å²) in [7, 11) is 2.28. The molecule has 0 aliphatic heterocycles. The summed E-state index contributed by atoms with van der Waals surface area (Å²) in [6.45, 7) is 5.94. The van der Waals surface area contributed by atoms with Gasteiger partial charge in [0.25, 0.3) is 0 Å². The SMILES string of the molecule is CCCCCCN(C)C1CC1C. The third-order valence-electron chi connectivity index (χ3n) is 3.00. The molecule has 1 saturated carbocycles. The van der Waals surface area contributed by atoms with Crippen molar-refractivity contribution >= 4 is 0 Å². The van der Waals surface area contributed by atoms with Gasteiger partial charge < -0.3 is 4.90 Å². The summed E-state index contributed by atoms with van der Waals surface area (Å²) < 4.78 is 0. The van der Waals surface area contributed by atoms with Crippen LogP contribution in [0.25, 0.3) is 0 Å². The van der Waals surface area contributed by atoms with E-state index in [2.05, 4.69) is 25.8 Å². The van der Waals surface area contributed by atoms with Crippen molar-refractivity contribution in [3.05, 3.63) is 0 Å². The fourth-order valence-electron chi connectivity index (χ4n) is 1.87. The lowest BCUT2D eigenvalue weighted by molar-refractivity contribution is 0.303. The van der Waals surface area contributed by atoms with Crippen LogP contribution in [0.2, 0.25) is 0 Å². The summed E-state index contributed by atoms with van der Waals surface area (Å²) in [6, 6.07) is 0.923. The molecule has 0 heterocycles. The van der Waals surface area contributed by atoms with Crippen molar-refractivity contribution in [2.24, 2.45) is 5.92 Å². The maximum absolute atomic E-state index is 2.54. The number of hydrogen-bond acceptors (Lipinski definition) is 1. The van der Waals surface area contributed by atoms with Gasteiger partial charge in [-0.3, -0.25) is 0 Å². The van der Waals surface area contributed by atoms with Crippen LogP contribution in [0.5, 0.6) is 0 Å². The number of hydrogen-bond donors (Lipinski definition) is 0. The highest BCUT2D eigenvalue weighted by Crippen LogP contribution is 2.33. The molecule has 1 nitrogen and oxygen atoms in total. The molecule has 1 fully saturated rings. The highest BCUT2D eigenvalue weighted by Gasteiger charge is 2.35. The van der Waals surface area contributed by atoms with E-state index in [0.717, 1.165) is 12.0 Å². The van der Waals surface area contributed by atoms with E-state index in [1.807, 2.05) is 0 Å². The van der Waals surface area contributed by atoms with E-state index in [4.69, 9.17) is 0 Å². The Morgan fingerprint density at radius 1 is 1.25 bits per heavy atom. The Morgan fingerprint density at radius 3 is 2.42 bits per heavy atom. The molecule has 12 heavy (non-hydrogen) atoms. The Bertz CT molecular complexity index is 122. The first-order valence-corrected chi connectivity index (χ1v) is 5.46. The first-order chi connectivity index (χ1) is 5.75. The Hall–Kier alpha value is -0.0400. The second kappa shape index (κ2) is 4.86. The molecule has 2 atom stereocenters. The lowest BCUT2D eigenvalue weighted by atomic mass is 10.2. The van der Waals surface area contributed by atoms with Crippen LogP contribution in [0.3, 0.4) is 0 Å². The molecule has 0 radical (unpaired) electrons. The second-order valence-corrected chi connectivity index (χ2v) is 4.32. The molecule has 2 unspecified atom stereocenters. The maximum atomic E-state index is 2.54. The molecule has 1 aliphatic rings. The fourth-order valence-corrected chi connectivity index (χ4v) is 1.87. The van der Waals surface area contributed by atoms with Gasteiger partial charge in [-0.05, 0) is 32.4 Å². The quantitative estimate of drug-likeness (QED) is 0.553. The van der Waals surface area contributed by atoms with Gasteiger partial charge in [-0.25, -0.2) is 0 Å². The number of rotatable bonds is 6. The third-order valence-corrected chi connectivity index (χ3v) is 3.00. The minimum atomic E-state index is 0.923. The zero-order chi connectivity index (χ0) is 8.97. The van der Waals surface area contributed by atoms with Crippen molar-refractivity contribution in [3.8, 4) is 0 Å². The van der Waals surface area contributed by atoms with Crippen LogP contribution < -0.4 is 0 Å². The van der Waals surface area contributed by atoms with Crippen LogP contribution in [0, 0.1) is 5.92 Å². The normalized spacial score (nSPS) is 28.0. The van der Waals surface area contributed by atoms with Gasteiger partial charge in [-0.2, -0.15) is 0 Å². The monoisotopic (exact) mass is 169 g/mol. The average Bonchev–Trinajstić information content (AvgIpc) is 2.76. The summed E-state index contributed by atoms with van der Waals surface area (Å²) >= 11 is 0. The van der Waals surface area contributed by atoms with Crippen LogP contribution in [0.1, 0.15) is 46.0 Å². The summed E-state index contributed by atoms with van der Waals surface area (Å²) in [4.78, 5) is 2.54. The zero-order valence-electron chi connectivity index (χ0n) is 8.84. The van der Waals surface area contributed by atoms with Crippen molar-refractivity contribution < 1.29 is 0 Å². The first kappa shape index (κ1) is 10.0. The van der Waals surface area contributed by atoms with Gasteiger partial charge >= 0.3 is 0 Å². The standard InChI is InChI=1S/C11H23N/c1-4-5-6-7-8-12(3)11-9-10(11)2/h10-11H,4-9H2,1-3H3. The van der Waals surface area contributed by atoms with E-state index in [-0.39, 0.29) is 0 Å². The lowest BCUT2D eigenvalue weighted by Crippen LogP contribution is -2.23. The van der Waals surface area contributed by atoms with Gasteiger partial charge in [-0.1, -0.05) is 33.1 Å². The van der Waals surface area contributed by atoms with Gasteiger partial charge in [0.1, 0.15) is 0 Å². The fraction of sp³-hybridized carbons (Fsp3) is 1.00. The van der Waals surface area contributed by atoms with E-state index < -0.39 is 0 Å². The van der Waals surface area contributed by atoms with Crippen molar-refractivity contribution in [3.63, 3.8) is 0 Å². The first-order valence-electron chi connectivity index (χ1n) is 5.46. The van der Waals surface area contributed by atoms with Gasteiger partial charge in [0, 0.05) is 6.04 Å². The minimum absolute atomic E-state index is 0.923. The Balaban J connectivity index is 1.92. The van der Waals surface area contributed by atoms with Crippen LogP contribution in [0.15, 0.2) is 0 Å². The van der Waals surface area contributed by atoms with Crippen LogP contribution in [0.4, 0.5) is 0 Å². The Morgan fingerprint density at radius 2 is 1.92 bits per heavy atom. The summed E-state index contributed by atoms with van der Waals surface area (Å²) in [5, 5.41) is 0. The van der Waals surface area contributed by atoms with Crippen LogP contribution in [-0.2, 0) is 0 Å². The number of nitrogens with zero attached hydrogens (tertiary/aromatic N) is 1. The molecular formula is C11H23N. The molecule has 0 amide bonds. The molecule has 0 bridgehead atoms. The molecule has 72 valence electrons. The highest BCUT2D eigenvalue weighted by atomic mass is 15.2. The summed E-state index contributed by atoms with van der Waals surface area (Å²) in [5.41, 5.74) is 0. The van der Waals surface area contributed by atoms with E-state index >= 15 is 0 Å². The molecule has 1 aliphatic carbocycles. The largest absolute Gasteiger partial charge is 0.303 e. The van der Waals surface area contributed by atoms with Crippen LogP contribution >= 0.6 is 0 Å². The molecule has 0 aromatic carbocycles. The predicted octanol–water partition coefficient (Wildman–Crippen LogP) is 2.91. The molecule has 0 spiro atoms. The molecule has 1 heteroatoms. The topological polar surface area (TPSA) is 3.24 Å². The van der Waals surface area contributed by atoms with Crippen molar-refractivity contribution in [1.82, 2.24) is 4.90 Å². The maximum Gasteiger partial charge on any atom is 0.0121 e. The van der Waals surface area contributed by atoms with E-state index in [0.29, 0.717) is 0 Å². The smallest absolute Gasteiger partial charge is 0.0121 e. The van der Waals surface area contributed by atoms with Gasteiger partial charge in [0.2, 0.25) is 0 Å². The molecule has 0 N–H and O–H groups in total. The van der Waals surface area contributed by atoms with E-state index in [1.165, 1.54) is 38.6 Å². The minimum Gasteiger partial charge on any atom is -0.303 e. The molecule has 1 rings (SSSR count). The number of unbranched alkanes of at least 4 members (excludes halogenated alkanes) is 3. The Labute approximate surface area is 77.1 Å². The van der Waals surface area contributed by atoms with Gasteiger partial charge in [0.15, 0.2) is 0 Å². The molecule has 0 aromatic rings. The molecule has 0 aromatic heterocycles. The van der Waals surface area contributed by atoms with Gasteiger partial charge in [-0.15, -0.1) is 0 Å². The van der Waals surface area contributed by atoms with Crippen molar-refractivity contribution in [1.29, 1.82) is 0 Å². The van der Waals surface area contributed by atoms with E-state index in [1.54, 1.807) is 0 Å². The van der Waals surface area contributed by atoms with E-state index in [9.17, 15) is 0 Å². The second-order valence-electron chi connectivity index (χ2n) is 4.32. The lowest BCUT2D eigenvalue weighted by Gasteiger charge is -2.15. The van der Waals surface area contributed by atoms with Crippen LogP contribution in [-0.4, -0.2) is 24.5 Å². The highest BCUT2D eigenvalue weighted by molar-refractivity contribution is 4.90. The Kier molecular flexibility index (Phi) is 4.07. The predicted molar refractivity (Wildman–Crippen MR) is 54.3 cm³/mol. The summed E-state index contributed by atoms with van der Waals surface area (Å²) in [6.07, 6.45) is 7.01. The van der Waals surface area contributed by atoms with Gasteiger partial charge in [0.05, 0.1) is 0 Å². The van der Waals surface area contributed by atoms with Crippen molar-refractivity contribution in [2.45, 2.75) is 52.0 Å². The molecular weight excluding hydrogens is 146 g/mol. The average molecular weight is 169 g/mol. The zero-order valence-corrected chi connectivity index (χ0v) is 8.84.